The van der Waals surface area contributed by atoms with Gasteiger partial charge in [0.05, 0.1) is 12.2 Å². The van der Waals surface area contributed by atoms with Gasteiger partial charge in [0.15, 0.2) is 0 Å². The van der Waals surface area contributed by atoms with Gasteiger partial charge in [-0.25, -0.2) is 9.78 Å². The van der Waals surface area contributed by atoms with Crippen LogP contribution >= 0.6 is 0 Å². The summed E-state index contributed by atoms with van der Waals surface area (Å²) in [5.41, 5.74) is 2.76. The van der Waals surface area contributed by atoms with Crippen LogP contribution in [0.25, 0.3) is 0 Å². The van der Waals surface area contributed by atoms with Crippen LogP contribution in [-0.2, 0) is 11.3 Å². The third-order valence-corrected chi connectivity index (χ3v) is 4.36. The lowest BCUT2D eigenvalue weighted by atomic mass is 10.1. The first-order chi connectivity index (χ1) is 14.0. The standard InChI is InChI=1S/C22H23N3O4/c1-4-28-22(27)19-14(2)20(25-15(19)3)21(26)24-13-16-10-11-23-18(12-16)29-17-8-6-5-7-9-17/h5-12,25H,4,13H2,1-3H3,(H,24,26). The molecule has 1 amide bonds. The van der Waals surface area contributed by atoms with Gasteiger partial charge in [0.1, 0.15) is 11.4 Å². The monoisotopic (exact) mass is 393 g/mol. The van der Waals surface area contributed by atoms with E-state index in [-0.39, 0.29) is 12.5 Å². The van der Waals surface area contributed by atoms with Crippen LogP contribution in [0.4, 0.5) is 0 Å². The highest BCUT2D eigenvalue weighted by Gasteiger charge is 2.22. The van der Waals surface area contributed by atoms with Gasteiger partial charge in [-0.2, -0.15) is 0 Å². The first-order valence-corrected chi connectivity index (χ1v) is 9.32. The third kappa shape index (κ3) is 4.82. The van der Waals surface area contributed by atoms with Crippen LogP contribution in [0.15, 0.2) is 48.7 Å². The molecule has 0 bridgehead atoms. The van der Waals surface area contributed by atoms with Crippen LogP contribution in [0.5, 0.6) is 11.6 Å². The zero-order valence-corrected chi connectivity index (χ0v) is 16.6. The molecule has 7 nitrogen and oxygen atoms in total. The second-order valence-corrected chi connectivity index (χ2v) is 6.45. The smallest absolute Gasteiger partial charge is 0.340 e. The van der Waals surface area contributed by atoms with E-state index >= 15 is 0 Å². The molecular weight excluding hydrogens is 370 g/mol. The molecule has 2 N–H and O–H groups in total. The maximum atomic E-state index is 12.6. The van der Waals surface area contributed by atoms with Crippen molar-refractivity contribution in [1.82, 2.24) is 15.3 Å². The Morgan fingerprint density at radius 2 is 1.90 bits per heavy atom. The molecule has 29 heavy (non-hydrogen) atoms. The van der Waals surface area contributed by atoms with Crippen LogP contribution in [-0.4, -0.2) is 28.5 Å². The van der Waals surface area contributed by atoms with Gasteiger partial charge in [0, 0.05) is 24.5 Å². The van der Waals surface area contributed by atoms with E-state index in [0.29, 0.717) is 40.7 Å². The van der Waals surface area contributed by atoms with E-state index in [0.717, 1.165) is 5.56 Å². The summed E-state index contributed by atoms with van der Waals surface area (Å²) in [4.78, 5) is 31.9. The van der Waals surface area contributed by atoms with E-state index in [1.165, 1.54) is 0 Å². The number of benzene rings is 1. The average molecular weight is 393 g/mol. The first-order valence-electron chi connectivity index (χ1n) is 9.32. The minimum absolute atomic E-state index is 0.278. The lowest BCUT2D eigenvalue weighted by Crippen LogP contribution is -2.24. The van der Waals surface area contributed by atoms with E-state index in [1.807, 2.05) is 30.3 Å². The molecule has 0 aliphatic heterocycles. The fraction of sp³-hybridized carbons (Fsp3) is 0.227. The number of aromatic nitrogens is 2. The highest BCUT2D eigenvalue weighted by Crippen LogP contribution is 2.21. The molecule has 7 heteroatoms. The number of nitrogens with zero attached hydrogens (tertiary/aromatic N) is 1. The van der Waals surface area contributed by atoms with E-state index < -0.39 is 5.97 Å². The van der Waals surface area contributed by atoms with Gasteiger partial charge in [-0.1, -0.05) is 18.2 Å². The van der Waals surface area contributed by atoms with Crippen LogP contribution in [0.3, 0.4) is 0 Å². The minimum atomic E-state index is -0.436. The van der Waals surface area contributed by atoms with Gasteiger partial charge in [-0.05, 0) is 50.1 Å². The van der Waals surface area contributed by atoms with Crippen molar-refractivity contribution in [2.24, 2.45) is 0 Å². The fourth-order valence-electron chi connectivity index (χ4n) is 2.98. The number of pyridine rings is 1. The second kappa shape index (κ2) is 9.05. The minimum Gasteiger partial charge on any atom is -0.462 e. The number of carbonyl (C=O) groups is 2. The van der Waals surface area contributed by atoms with E-state index in [1.54, 1.807) is 39.1 Å². The largest absolute Gasteiger partial charge is 0.462 e. The molecule has 0 fully saturated rings. The molecule has 2 aromatic heterocycles. The maximum absolute atomic E-state index is 12.6. The number of rotatable bonds is 7. The van der Waals surface area contributed by atoms with Gasteiger partial charge >= 0.3 is 5.97 Å². The van der Waals surface area contributed by atoms with Gasteiger partial charge in [-0.3, -0.25) is 4.79 Å². The van der Waals surface area contributed by atoms with Crippen LogP contribution < -0.4 is 10.1 Å². The van der Waals surface area contributed by atoms with Crippen LogP contribution in [0.2, 0.25) is 0 Å². The number of amides is 1. The second-order valence-electron chi connectivity index (χ2n) is 6.45. The lowest BCUT2D eigenvalue weighted by Gasteiger charge is -2.08. The third-order valence-electron chi connectivity index (χ3n) is 4.36. The number of carbonyl (C=O) groups excluding carboxylic acids is 2. The number of esters is 1. The lowest BCUT2D eigenvalue weighted by molar-refractivity contribution is 0.0525. The number of aryl methyl sites for hydroxylation is 1. The predicted octanol–water partition coefficient (Wildman–Crippen LogP) is 3.93. The summed E-state index contributed by atoms with van der Waals surface area (Å²) in [6.07, 6.45) is 1.63. The summed E-state index contributed by atoms with van der Waals surface area (Å²) in [6, 6.07) is 12.9. The van der Waals surface area contributed by atoms with E-state index in [9.17, 15) is 9.59 Å². The molecule has 3 rings (SSSR count). The molecule has 1 aromatic carbocycles. The molecule has 0 atom stereocenters. The molecule has 3 aromatic rings. The number of hydrogen-bond donors (Lipinski definition) is 2. The average Bonchev–Trinajstić information content (AvgIpc) is 3.01. The highest BCUT2D eigenvalue weighted by atomic mass is 16.5. The van der Waals surface area contributed by atoms with Crippen LogP contribution in [0, 0.1) is 13.8 Å². The number of para-hydroxylation sites is 1. The van der Waals surface area contributed by atoms with Gasteiger partial charge in [0.25, 0.3) is 5.91 Å². The highest BCUT2D eigenvalue weighted by molar-refractivity contribution is 6.00. The van der Waals surface area contributed by atoms with Crippen molar-refractivity contribution in [2.45, 2.75) is 27.3 Å². The number of aromatic amines is 1. The Labute approximate surface area is 169 Å². The summed E-state index contributed by atoms with van der Waals surface area (Å²) >= 11 is 0. The Hall–Kier alpha value is -3.61. The first kappa shape index (κ1) is 20.1. The zero-order valence-electron chi connectivity index (χ0n) is 16.6. The molecule has 0 saturated heterocycles. The van der Waals surface area contributed by atoms with Crippen molar-refractivity contribution in [3.63, 3.8) is 0 Å². The molecule has 0 unspecified atom stereocenters. The predicted molar refractivity (Wildman–Crippen MR) is 108 cm³/mol. The Balaban J connectivity index is 1.68. The summed E-state index contributed by atoms with van der Waals surface area (Å²) in [5.74, 6) is 0.391. The summed E-state index contributed by atoms with van der Waals surface area (Å²) in [5, 5.41) is 2.85. The van der Waals surface area contributed by atoms with E-state index in [2.05, 4.69) is 15.3 Å². The van der Waals surface area contributed by atoms with Crippen molar-refractivity contribution >= 4 is 11.9 Å². The zero-order chi connectivity index (χ0) is 20.8. The molecular formula is C22H23N3O4. The van der Waals surface area contributed by atoms with E-state index in [4.69, 9.17) is 9.47 Å². The van der Waals surface area contributed by atoms with Crippen molar-refractivity contribution in [1.29, 1.82) is 0 Å². The van der Waals surface area contributed by atoms with Crippen molar-refractivity contribution in [2.75, 3.05) is 6.61 Å². The van der Waals surface area contributed by atoms with Crippen molar-refractivity contribution in [3.8, 4) is 11.6 Å². The summed E-state index contributed by atoms with van der Waals surface area (Å²) in [6.45, 7) is 5.78. The quantitative estimate of drug-likeness (QED) is 0.594. The summed E-state index contributed by atoms with van der Waals surface area (Å²) in [7, 11) is 0. The molecule has 0 spiro atoms. The molecule has 0 saturated carbocycles. The Bertz CT molecular complexity index is 1010. The Morgan fingerprint density at radius 1 is 1.14 bits per heavy atom. The number of nitrogens with one attached hydrogen (secondary N) is 2. The van der Waals surface area contributed by atoms with Gasteiger partial charge in [0.2, 0.25) is 5.88 Å². The molecule has 0 aliphatic rings. The molecule has 150 valence electrons. The Morgan fingerprint density at radius 3 is 2.62 bits per heavy atom. The van der Waals surface area contributed by atoms with Crippen LogP contribution in [0.1, 0.15) is 44.6 Å². The van der Waals surface area contributed by atoms with Gasteiger partial charge in [-0.15, -0.1) is 0 Å². The van der Waals surface area contributed by atoms with Gasteiger partial charge < -0.3 is 19.8 Å². The number of hydrogen-bond acceptors (Lipinski definition) is 5. The SMILES string of the molecule is CCOC(=O)c1c(C)[nH]c(C(=O)NCc2ccnc(Oc3ccccc3)c2)c1C. The molecule has 0 radical (unpaired) electrons. The fourth-order valence-corrected chi connectivity index (χ4v) is 2.98. The number of ether oxygens (including phenoxy) is 2. The summed E-state index contributed by atoms with van der Waals surface area (Å²) < 4.78 is 10.8. The van der Waals surface area contributed by atoms with Crippen molar-refractivity contribution in [3.05, 3.63) is 76.7 Å². The maximum Gasteiger partial charge on any atom is 0.340 e. The Kier molecular flexibility index (Phi) is 6.29. The number of H-pyrrole nitrogens is 1. The van der Waals surface area contributed by atoms with Crippen molar-refractivity contribution < 1.29 is 19.1 Å². The molecule has 0 aliphatic carbocycles. The molecule has 2 heterocycles. The normalized spacial score (nSPS) is 10.4. The topological polar surface area (TPSA) is 93.3 Å².